The molecular weight excluding hydrogens is 266 g/mol. The molecule has 2 amide bonds. The van der Waals surface area contributed by atoms with Crippen molar-refractivity contribution in [2.45, 2.75) is 33.2 Å². The molecule has 0 aromatic carbocycles. The number of carbonyl (C=O) groups excluding carboxylic acids is 2. The van der Waals surface area contributed by atoms with Crippen LogP contribution in [0.4, 0.5) is 0 Å². The standard InChI is InChI=1S/C16H23N3O2/c1-5-19(12-14(20)18-16(2,3)4)15(21)9-8-13-7-6-10-17-11-13/h6-11H,5,12H2,1-4H3,(H,18,20)/b9-8+. The summed E-state index contributed by atoms with van der Waals surface area (Å²) in [7, 11) is 0. The third kappa shape index (κ3) is 6.70. The van der Waals surface area contributed by atoms with Crippen LogP contribution in [0.15, 0.2) is 30.6 Å². The SMILES string of the molecule is CCN(CC(=O)NC(C)(C)C)C(=O)/C=C/c1cccnc1. The molecule has 1 rings (SSSR count). The van der Waals surface area contributed by atoms with Gasteiger partial charge in [-0.1, -0.05) is 6.07 Å². The normalized spacial score (nSPS) is 11.4. The van der Waals surface area contributed by atoms with E-state index in [0.717, 1.165) is 5.56 Å². The molecule has 5 nitrogen and oxygen atoms in total. The molecular formula is C16H23N3O2. The fourth-order valence-electron chi connectivity index (χ4n) is 1.72. The van der Waals surface area contributed by atoms with Crippen molar-refractivity contribution in [1.82, 2.24) is 15.2 Å². The molecule has 0 atom stereocenters. The van der Waals surface area contributed by atoms with E-state index in [0.29, 0.717) is 6.54 Å². The molecule has 0 spiro atoms. The molecule has 1 aromatic rings. The molecule has 0 fully saturated rings. The Morgan fingerprint density at radius 2 is 2.10 bits per heavy atom. The van der Waals surface area contributed by atoms with Gasteiger partial charge in [0.25, 0.3) is 0 Å². The highest BCUT2D eigenvalue weighted by molar-refractivity contribution is 5.94. The third-order valence-corrected chi connectivity index (χ3v) is 2.65. The fraction of sp³-hybridized carbons (Fsp3) is 0.438. The summed E-state index contributed by atoms with van der Waals surface area (Å²) in [4.78, 5) is 29.4. The van der Waals surface area contributed by atoms with Gasteiger partial charge in [-0.05, 0) is 45.4 Å². The lowest BCUT2D eigenvalue weighted by molar-refractivity contribution is -0.132. The Morgan fingerprint density at radius 3 is 2.62 bits per heavy atom. The summed E-state index contributed by atoms with van der Waals surface area (Å²) in [5.74, 6) is -0.349. The van der Waals surface area contributed by atoms with E-state index in [1.165, 1.54) is 11.0 Å². The second-order valence-electron chi connectivity index (χ2n) is 5.77. The van der Waals surface area contributed by atoms with Crippen molar-refractivity contribution in [3.63, 3.8) is 0 Å². The van der Waals surface area contributed by atoms with Crippen molar-refractivity contribution in [1.29, 1.82) is 0 Å². The Hall–Kier alpha value is -2.17. The molecule has 0 aliphatic heterocycles. The number of amides is 2. The molecule has 0 radical (unpaired) electrons. The van der Waals surface area contributed by atoms with Crippen LogP contribution in [0.1, 0.15) is 33.3 Å². The number of hydrogen-bond donors (Lipinski definition) is 1. The number of pyridine rings is 1. The van der Waals surface area contributed by atoms with Crippen molar-refractivity contribution in [2.24, 2.45) is 0 Å². The summed E-state index contributed by atoms with van der Waals surface area (Å²) >= 11 is 0. The molecule has 1 aromatic heterocycles. The van der Waals surface area contributed by atoms with Crippen molar-refractivity contribution in [3.05, 3.63) is 36.2 Å². The van der Waals surface area contributed by atoms with Crippen LogP contribution < -0.4 is 5.32 Å². The van der Waals surface area contributed by atoms with Gasteiger partial charge in [0, 0.05) is 30.6 Å². The van der Waals surface area contributed by atoms with Gasteiger partial charge in [-0.2, -0.15) is 0 Å². The Labute approximate surface area is 126 Å². The number of aromatic nitrogens is 1. The molecule has 1 N–H and O–H groups in total. The summed E-state index contributed by atoms with van der Waals surface area (Å²) in [6.45, 7) is 8.11. The zero-order valence-corrected chi connectivity index (χ0v) is 13.1. The first-order chi connectivity index (χ1) is 9.81. The highest BCUT2D eigenvalue weighted by Crippen LogP contribution is 2.02. The largest absolute Gasteiger partial charge is 0.350 e. The van der Waals surface area contributed by atoms with Gasteiger partial charge in [0.15, 0.2) is 0 Å². The van der Waals surface area contributed by atoms with Crippen molar-refractivity contribution in [2.75, 3.05) is 13.1 Å². The zero-order valence-electron chi connectivity index (χ0n) is 13.1. The Kier molecular flexibility index (Phi) is 6.09. The van der Waals surface area contributed by atoms with Crippen LogP contribution in [-0.4, -0.2) is 40.3 Å². The minimum absolute atomic E-state index is 0.0595. The van der Waals surface area contributed by atoms with Crippen LogP contribution in [0.25, 0.3) is 6.08 Å². The molecule has 21 heavy (non-hydrogen) atoms. The van der Waals surface area contributed by atoms with E-state index in [1.54, 1.807) is 24.5 Å². The minimum Gasteiger partial charge on any atom is -0.350 e. The number of hydrogen-bond acceptors (Lipinski definition) is 3. The second-order valence-corrected chi connectivity index (χ2v) is 5.77. The molecule has 0 saturated carbocycles. The molecule has 0 aliphatic carbocycles. The van der Waals surface area contributed by atoms with Crippen LogP contribution in [0.3, 0.4) is 0 Å². The van der Waals surface area contributed by atoms with Gasteiger partial charge in [-0.3, -0.25) is 14.6 Å². The molecule has 5 heteroatoms. The van der Waals surface area contributed by atoms with Gasteiger partial charge in [-0.15, -0.1) is 0 Å². The summed E-state index contributed by atoms with van der Waals surface area (Å²) in [5.41, 5.74) is 0.548. The van der Waals surface area contributed by atoms with E-state index in [2.05, 4.69) is 10.3 Å². The van der Waals surface area contributed by atoms with Crippen LogP contribution in [0, 0.1) is 0 Å². The maximum atomic E-state index is 12.1. The molecule has 0 bridgehead atoms. The first-order valence-electron chi connectivity index (χ1n) is 7.00. The summed E-state index contributed by atoms with van der Waals surface area (Å²) in [6, 6.07) is 3.66. The summed E-state index contributed by atoms with van der Waals surface area (Å²) in [5, 5.41) is 2.85. The Bertz CT molecular complexity index is 504. The number of rotatable bonds is 5. The fourth-order valence-corrected chi connectivity index (χ4v) is 1.72. The first-order valence-corrected chi connectivity index (χ1v) is 7.00. The smallest absolute Gasteiger partial charge is 0.247 e. The van der Waals surface area contributed by atoms with E-state index in [1.807, 2.05) is 33.8 Å². The van der Waals surface area contributed by atoms with Crippen LogP contribution >= 0.6 is 0 Å². The molecule has 0 unspecified atom stereocenters. The van der Waals surface area contributed by atoms with E-state index in [4.69, 9.17) is 0 Å². The highest BCUT2D eigenvalue weighted by Gasteiger charge is 2.17. The maximum Gasteiger partial charge on any atom is 0.247 e. The van der Waals surface area contributed by atoms with Gasteiger partial charge in [0.05, 0.1) is 6.54 Å². The average Bonchev–Trinajstić information content (AvgIpc) is 2.41. The highest BCUT2D eigenvalue weighted by atomic mass is 16.2. The minimum atomic E-state index is -0.301. The first kappa shape index (κ1) is 16.9. The lowest BCUT2D eigenvalue weighted by Crippen LogP contribution is -2.47. The Morgan fingerprint density at radius 1 is 1.38 bits per heavy atom. The van der Waals surface area contributed by atoms with Crippen molar-refractivity contribution >= 4 is 17.9 Å². The second kappa shape index (κ2) is 7.57. The van der Waals surface area contributed by atoms with Crippen LogP contribution in [0.5, 0.6) is 0 Å². The van der Waals surface area contributed by atoms with Crippen molar-refractivity contribution in [3.8, 4) is 0 Å². The van der Waals surface area contributed by atoms with Gasteiger partial charge < -0.3 is 10.2 Å². The van der Waals surface area contributed by atoms with Crippen molar-refractivity contribution < 1.29 is 9.59 Å². The average molecular weight is 289 g/mol. The van der Waals surface area contributed by atoms with E-state index in [9.17, 15) is 9.59 Å². The quantitative estimate of drug-likeness (QED) is 0.842. The van der Waals surface area contributed by atoms with E-state index in [-0.39, 0.29) is 23.9 Å². The molecule has 0 aliphatic rings. The Balaban J connectivity index is 2.61. The van der Waals surface area contributed by atoms with E-state index < -0.39 is 0 Å². The number of nitrogens with one attached hydrogen (secondary N) is 1. The van der Waals surface area contributed by atoms with Gasteiger partial charge in [-0.25, -0.2) is 0 Å². The lowest BCUT2D eigenvalue weighted by atomic mass is 10.1. The monoisotopic (exact) mass is 289 g/mol. The molecule has 0 saturated heterocycles. The number of nitrogens with zero attached hydrogens (tertiary/aromatic N) is 2. The summed E-state index contributed by atoms with van der Waals surface area (Å²) < 4.78 is 0. The van der Waals surface area contributed by atoms with Crippen LogP contribution in [0.2, 0.25) is 0 Å². The van der Waals surface area contributed by atoms with Gasteiger partial charge in [0.2, 0.25) is 11.8 Å². The van der Waals surface area contributed by atoms with E-state index >= 15 is 0 Å². The number of likely N-dealkylation sites (N-methyl/N-ethyl adjacent to an activating group) is 1. The van der Waals surface area contributed by atoms with Gasteiger partial charge >= 0.3 is 0 Å². The van der Waals surface area contributed by atoms with Crippen LogP contribution in [-0.2, 0) is 9.59 Å². The van der Waals surface area contributed by atoms with Gasteiger partial charge in [0.1, 0.15) is 0 Å². The predicted octanol–water partition coefficient (Wildman–Crippen LogP) is 1.86. The predicted molar refractivity (Wildman–Crippen MR) is 83.4 cm³/mol. The number of carbonyl (C=O) groups is 2. The topological polar surface area (TPSA) is 62.3 Å². The maximum absolute atomic E-state index is 12.1. The molecule has 114 valence electrons. The molecule has 1 heterocycles. The summed E-state index contributed by atoms with van der Waals surface area (Å²) in [6.07, 6.45) is 6.51. The third-order valence-electron chi connectivity index (χ3n) is 2.65. The lowest BCUT2D eigenvalue weighted by Gasteiger charge is -2.24. The zero-order chi connectivity index (χ0) is 15.9.